The van der Waals surface area contributed by atoms with Gasteiger partial charge in [-0.3, -0.25) is 0 Å². The van der Waals surface area contributed by atoms with Crippen molar-refractivity contribution in [2.24, 2.45) is 0 Å². The van der Waals surface area contributed by atoms with Crippen LogP contribution in [0.25, 0.3) is 54.6 Å². The summed E-state index contributed by atoms with van der Waals surface area (Å²) in [6, 6.07) is 112. The maximum atomic E-state index is 2.63. The largest absolute Gasteiger partial charge is 0.310 e. The molecule has 0 radical (unpaired) electrons. The van der Waals surface area contributed by atoms with Crippen LogP contribution >= 0.6 is 0 Å². The molecular weight excluding hydrogens is 1040 g/mol. The van der Waals surface area contributed by atoms with Gasteiger partial charge >= 0.3 is 0 Å². The number of benzene rings is 14. The summed E-state index contributed by atoms with van der Waals surface area (Å²) in [5, 5.41) is 7.85. The molecule has 0 aliphatic heterocycles. The van der Waals surface area contributed by atoms with Crippen LogP contribution in [0.15, 0.2) is 297 Å². The third-order valence-corrected chi connectivity index (χ3v) is 19.9. The van der Waals surface area contributed by atoms with Crippen LogP contribution in [-0.4, -0.2) is 0 Å². The molecule has 0 unspecified atom stereocenters. The number of anilines is 6. The minimum Gasteiger partial charge on any atom is -0.310 e. The maximum absolute atomic E-state index is 2.63. The van der Waals surface area contributed by atoms with Gasteiger partial charge in [0.05, 0.1) is 33.6 Å². The highest BCUT2D eigenvalue weighted by atomic mass is 15.2. The first kappa shape index (κ1) is 50.3. The second kappa shape index (κ2) is 19.1. The summed E-state index contributed by atoms with van der Waals surface area (Å²) >= 11 is 0. The number of aryl methyl sites for hydroxylation is 2. The molecule has 2 nitrogen and oxygen atoms in total. The molecular formula is C84H62N2. The number of rotatable bonds is 10. The van der Waals surface area contributed by atoms with Crippen molar-refractivity contribution in [3.05, 3.63) is 358 Å². The van der Waals surface area contributed by atoms with Crippen LogP contribution in [0.4, 0.5) is 34.1 Å². The maximum Gasteiger partial charge on any atom is 0.0734 e. The van der Waals surface area contributed by atoms with Gasteiger partial charge in [0, 0.05) is 38.7 Å². The first-order valence-electron chi connectivity index (χ1n) is 30.5. The molecule has 3 aliphatic carbocycles. The molecule has 0 aromatic heterocycles. The summed E-state index contributed by atoms with van der Waals surface area (Å²) in [6.45, 7) is 7.31. The Labute approximate surface area is 503 Å². The van der Waals surface area contributed by atoms with Crippen molar-refractivity contribution in [3.63, 3.8) is 0 Å². The molecule has 17 rings (SSSR count). The molecule has 0 saturated carbocycles. The normalized spacial score (nSPS) is 14.6. The molecule has 408 valence electrons. The van der Waals surface area contributed by atoms with Crippen molar-refractivity contribution < 1.29 is 0 Å². The fourth-order valence-electron chi connectivity index (χ4n) is 16.3. The standard InChI is InChI=1S/C84H62N2/c1-55-52-75(85(61-36-18-8-19-37-61)73-46-26-42-66-64-40-22-24-44-70(64)83(80(66)73,57-28-10-4-11-29-57)58-30-12-5-13-31-58)69-54-72-77-56(50-51-82(72,2)3)53-76(68-49-48-63(55)78(69)79(68)77)86(62-38-20-9-21-39-62)74-47-27-43-67-65-41-23-25-45-71(65)84(81(67)74,59-32-14-6-15-33-59)60-34-16-7-17-35-60/h4-49,52-54H,50-51H2,1-3H3. The van der Waals surface area contributed by atoms with Gasteiger partial charge in [0.15, 0.2) is 0 Å². The number of para-hydroxylation sites is 2. The van der Waals surface area contributed by atoms with Crippen LogP contribution < -0.4 is 9.80 Å². The zero-order valence-corrected chi connectivity index (χ0v) is 48.6. The van der Waals surface area contributed by atoms with Gasteiger partial charge in [-0.1, -0.05) is 257 Å². The van der Waals surface area contributed by atoms with Crippen molar-refractivity contribution in [3.8, 4) is 22.3 Å². The summed E-state index contributed by atoms with van der Waals surface area (Å²) in [5.74, 6) is 0. The Hall–Kier alpha value is -10.3. The average molecular weight is 1100 g/mol. The lowest BCUT2D eigenvalue weighted by Gasteiger charge is -2.40. The summed E-state index contributed by atoms with van der Waals surface area (Å²) in [4.78, 5) is 5.26. The van der Waals surface area contributed by atoms with Crippen molar-refractivity contribution >= 4 is 66.4 Å². The zero-order valence-electron chi connectivity index (χ0n) is 48.6. The lowest BCUT2D eigenvalue weighted by molar-refractivity contribution is 0.475. The van der Waals surface area contributed by atoms with Gasteiger partial charge < -0.3 is 9.80 Å². The molecule has 86 heavy (non-hydrogen) atoms. The van der Waals surface area contributed by atoms with Gasteiger partial charge in [0.2, 0.25) is 0 Å². The molecule has 0 amide bonds. The molecule has 0 bridgehead atoms. The SMILES string of the molecule is Cc1cc(N(c2ccccc2)c2cccc3c2C(c2ccccc2)(c2ccccc2)c2ccccc2-3)c2cc3c4c(cc(N(c5ccccc5)c5cccc6c5C(c5ccccc5)(c5ccccc5)c5ccccc5-6)c5ccc1c2c54)CCC3(C)C. The summed E-state index contributed by atoms with van der Waals surface area (Å²) in [6.07, 6.45) is 2.00. The molecule has 14 aromatic carbocycles. The van der Waals surface area contributed by atoms with E-state index in [1.54, 1.807) is 0 Å². The fourth-order valence-corrected chi connectivity index (χ4v) is 16.3. The molecule has 3 aliphatic rings. The van der Waals surface area contributed by atoms with E-state index in [1.807, 2.05) is 0 Å². The highest BCUT2D eigenvalue weighted by Crippen LogP contribution is 2.64. The average Bonchev–Trinajstić information content (AvgIpc) is 1.32. The van der Waals surface area contributed by atoms with Gasteiger partial charge in [-0.2, -0.15) is 0 Å². The van der Waals surface area contributed by atoms with E-state index in [0.29, 0.717) is 0 Å². The van der Waals surface area contributed by atoms with Gasteiger partial charge in [0.25, 0.3) is 0 Å². The van der Waals surface area contributed by atoms with Crippen molar-refractivity contribution in [2.45, 2.75) is 49.9 Å². The lowest BCUT2D eigenvalue weighted by Crippen LogP contribution is -2.30. The van der Waals surface area contributed by atoms with Crippen LogP contribution in [0.2, 0.25) is 0 Å². The highest BCUT2D eigenvalue weighted by molar-refractivity contribution is 6.30. The van der Waals surface area contributed by atoms with Crippen LogP contribution in [0.3, 0.4) is 0 Å². The zero-order chi connectivity index (χ0) is 57.3. The Bertz CT molecular complexity index is 4870. The van der Waals surface area contributed by atoms with Crippen LogP contribution in [-0.2, 0) is 22.7 Å². The molecule has 0 heterocycles. The Morgan fingerprint density at radius 1 is 0.302 bits per heavy atom. The quantitative estimate of drug-likeness (QED) is 0.126. The molecule has 0 N–H and O–H groups in total. The van der Waals surface area contributed by atoms with Gasteiger partial charge in [-0.25, -0.2) is 0 Å². The Morgan fingerprint density at radius 3 is 1.16 bits per heavy atom. The molecule has 0 fully saturated rings. The van der Waals surface area contributed by atoms with E-state index in [4.69, 9.17) is 0 Å². The van der Waals surface area contributed by atoms with E-state index in [-0.39, 0.29) is 5.41 Å². The van der Waals surface area contributed by atoms with E-state index in [1.165, 1.54) is 133 Å². The van der Waals surface area contributed by atoms with Crippen LogP contribution in [0, 0.1) is 6.92 Å². The van der Waals surface area contributed by atoms with E-state index >= 15 is 0 Å². The number of fused-ring (bicyclic) bond motifs is 6. The molecule has 0 spiro atoms. The van der Waals surface area contributed by atoms with E-state index < -0.39 is 10.8 Å². The van der Waals surface area contributed by atoms with E-state index in [2.05, 4.69) is 328 Å². The minimum atomic E-state index is -0.632. The first-order chi connectivity index (χ1) is 42.4. The van der Waals surface area contributed by atoms with E-state index in [9.17, 15) is 0 Å². The minimum absolute atomic E-state index is 0.109. The van der Waals surface area contributed by atoms with Crippen molar-refractivity contribution in [2.75, 3.05) is 9.80 Å². The van der Waals surface area contributed by atoms with Gasteiger partial charge in [-0.15, -0.1) is 0 Å². The molecule has 0 saturated heterocycles. The predicted octanol–water partition coefficient (Wildman–Crippen LogP) is 21.8. The number of nitrogens with zero attached hydrogens (tertiary/aromatic N) is 2. The van der Waals surface area contributed by atoms with Crippen LogP contribution in [0.1, 0.15) is 81.5 Å². The third kappa shape index (κ3) is 6.96. The Morgan fingerprint density at radius 2 is 0.698 bits per heavy atom. The number of hydrogen-bond acceptors (Lipinski definition) is 2. The first-order valence-corrected chi connectivity index (χ1v) is 30.5. The second-order valence-corrected chi connectivity index (χ2v) is 24.7. The Kier molecular flexibility index (Phi) is 11.2. The molecule has 0 atom stereocenters. The van der Waals surface area contributed by atoms with Crippen LogP contribution in [0.5, 0.6) is 0 Å². The predicted molar refractivity (Wildman–Crippen MR) is 360 cm³/mol. The number of hydrogen-bond donors (Lipinski definition) is 0. The van der Waals surface area contributed by atoms with Gasteiger partial charge in [0.1, 0.15) is 0 Å². The summed E-state index contributed by atoms with van der Waals surface area (Å²) in [5.41, 5.74) is 24.9. The highest BCUT2D eigenvalue weighted by Gasteiger charge is 2.50. The lowest BCUT2D eigenvalue weighted by atomic mass is 9.67. The molecule has 14 aromatic rings. The Balaban J connectivity index is 0.989. The van der Waals surface area contributed by atoms with Gasteiger partial charge in [-0.05, 0) is 168 Å². The smallest absolute Gasteiger partial charge is 0.0734 e. The fraction of sp³-hybridized carbons (Fsp3) is 0.0952. The monoisotopic (exact) mass is 1100 g/mol. The third-order valence-electron chi connectivity index (χ3n) is 19.9. The van der Waals surface area contributed by atoms with Crippen molar-refractivity contribution in [1.29, 1.82) is 0 Å². The topological polar surface area (TPSA) is 6.48 Å². The van der Waals surface area contributed by atoms with E-state index in [0.717, 1.165) is 29.9 Å². The summed E-state index contributed by atoms with van der Waals surface area (Å²) < 4.78 is 0. The molecule has 2 heteroatoms. The second-order valence-electron chi connectivity index (χ2n) is 24.7. The summed E-state index contributed by atoms with van der Waals surface area (Å²) in [7, 11) is 0. The van der Waals surface area contributed by atoms with Crippen molar-refractivity contribution in [1.82, 2.24) is 0 Å².